The lowest BCUT2D eigenvalue weighted by molar-refractivity contribution is 1.34. The van der Waals surface area contributed by atoms with Crippen molar-refractivity contribution >= 4 is 67.6 Å². The van der Waals surface area contributed by atoms with E-state index >= 15 is 0 Å². The van der Waals surface area contributed by atoms with Gasteiger partial charge in [-0.1, -0.05) is 53.5 Å². The average molecular weight is 446 g/mol. The first kappa shape index (κ1) is 19.5. The first-order valence-corrected chi connectivity index (χ1v) is 10.5. The summed E-state index contributed by atoms with van der Waals surface area (Å²) in [4.78, 5) is 15.7. The molecule has 4 nitrogen and oxygen atoms in total. The summed E-state index contributed by atoms with van der Waals surface area (Å²) in [7, 11) is 0. The fourth-order valence-corrected chi connectivity index (χ4v) is 3.99. The molecule has 31 heavy (non-hydrogen) atoms. The molecule has 5 aromatic rings. The van der Waals surface area contributed by atoms with E-state index in [4.69, 9.17) is 23.2 Å². The summed E-state index contributed by atoms with van der Waals surface area (Å²) >= 11 is 12.5. The molecule has 0 aliphatic rings. The number of aromatic amines is 1. The minimum Gasteiger partial charge on any atom is -0.354 e. The summed E-state index contributed by atoms with van der Waals surface area (Å²) in [6.45, 7) is 0. The van der Waals surface area contributed by atoms with E-state index in [1.54, 1.807) is 0 Å². The van der Waals surface area contributed by atoms with Crippen molar-refractivity contribution in [2.24, 2.45) is 0 Å². The summed E-state index contributed by atoms with van der Waals surface area (Å²) in [5.41, 5.74) is 3.90. The smallest absolute Gasteiger partial charge is 0.256 e. The highest BCUT2D eigenvalue weighted by atomic mass is 35.5. The first-order chi connectivity index (χ1) is 15.1. The molecule has 0 aliphatic heterocycles. The summed E-state index contributed by atoms with van der Waals surface area (Å²) < 4.78 is 0. The number of fused-ring (bicyclic) bond motifs is 3. The number of aromatic nitrogens is 1. The van der Waals surface area contributed by atoms with Crippen LogP contribution >= 0.6 is 23.2 Å². The maximum Gasteiger partial charge on any atom is 0.256 e. The lowest BCUT2D eigenvalue weighted by Crippen LogP contribution is -2.07. The van der Waals surface area contributed by atoms with E-state index < -0.39 is 0 Å². The molecule has 0 radical (unpaired) electrons. The molecular weight excluding hydrogens is 429 g/mol. The Balaban J connectivity index is 1.58. The van der Waals surface area contributed by atoms with Crippen LogP contribution in [0.5, 0.6) is 0 Å². The van der Waals surface area contributed by atoms with Crippen molar-refractivity contribution < 1.29 is 0 Å². The molecule has 0 unspecified atom stereocenters. The van der Waals surface area contributed by atoms with Crippen molar-refractivity contribution in [3.63, 3.8) is 0 Å². The van der Waals surface area contributed by atoms with Crippen molar-refractivity contribution in [3.05, 3.63) is 105 Å². The summed E-state index contributed by atoms with van der Waals surface area (Å²) in [5, 5.41) is 10.3. The van der Waals surface area contributed by atoms with Gasteiger partial charge in [-0.2, -0.15) is 0 Å². The Kier molecular flexibility index (Phi) is 5.02. The Bertz CT molecular complexity index is 1490. The first-order valence-electron chi connectivity index (χ1n) is 9.71. The fourth-order valence-electron chi connectivity index (χ4n) is 3.63. The zero-order valence-corrected chi connectivity index (χ0v) is 17.8. The minimum atomic E-state index is -0.137. The number of H-pyrrole nitrogens is 1. The molecule has 0 spiro atoms. The Morgan fingerprint density at radius 2 is 1.16 bits per heavy atom. The van der Waals surface area contributed by atoms with Crippen molar-refractivity contribution in [2.45, 2.75) is 0 Å². The van der Waals surface area contributed by atoms with Gasteiger partial charge in [-0.25, -0.2) is 0 Å². The molecule has 0 atom stereocenters. The third-order valence-corrected chi connectivity index (χ3v) is 5.79. The Labute approximate surface area is 188 Å². The highest BCUT2D eigenvalue weighted by Crippen LogP contribution is 2.31. The molecule has 0 bridgehead atoms. The summed E-state index contributed by atoms with van der Waals surface area (Å²) in [6.07, 6.45) is 0. The van der Waals surface area contributed by atoms with Crippen LogP contribution in [0.2, 0.25) is 10.0 Å². The second kappa shape index (κ2) is 7.99. The molecule has 6 heteroatoms. The number of hydrogen-bond donors (Lipinski definition) is 3. The van der Waals surface area contributed by atoms with E-state index in [9.17, 15) is 4.79 Å². The van der Waals surface area contributed by atoms with Gasteiger partial charge in [0.25, 0.3) is 5.56 Å². The fraction of sp³-hybridized carbons (Fsp3) is 0. The van der Waals surface area contributed by atoms with Crippen molar-refractivity contribution in [1.82, 2.24) is 4.98 Å². The van der Waals surface area contributed by atoms with Gasteiger partial charge in [0.2, 0.25) is 0 Å². The number of hydrogen-bond acceptors (Lipinski definition) is 3. The van der Waals surface area contributed by atoms with Gasteiger partial charge in [0, 0.05) is 22.1 Å². The van der Waals surface area contributed by atoms with Crippen LogP contribution in [0.1, 0.15) is 0 Å². The third-order valence-electron chi connectivity index (χ3n) is 5.13. The van der Waals surface area contributed by atoms with Crippen LogP contribution < -0.4 is 16.2 Å². The van der Waals surface area contributed by atoms with E-state index in [1.165, 1.54) is 0 Å². The molecule has 152 valence electrons. The third kappa shape index (κ3) is 3.83. The van der Waals surface area contributed by atoms with Gasteiger partial charge >= 0.3 is 0 Å². The maximum absolute atomic E-state index is 12.7. The second-order valence-corrected chi connectivity index (χ2v) is 8.00. The van der Waals surface area contributed by atoms with E-state index in [0.717, 1.165) is 39.0 Å². The number of nitrogens with one attached hydrogen (secondary N) is 3. The van der Waals surface area contributed by atoms with E-state index in [-0.39, 0.29) is 5.56 Å². The molecule has 0 aliphatic carbocycles. The summed E-state index contributed by atoms with van der Waals surface area (Å²) in [5.74, 6) is 0. The number of halogens is 2. The van der Waals surface area contributed by atoms with E-state index in [1.807, 2.05) is 84.9 Å². The largest absolute Gasteiger partial charge is 0.354 e. The quantitative estimate of drug-likeness (QED) is 0.251. The Morgan fingerprint density at radius 3 is 1.77 bits per heavy atom. The van der Waals surface area contributed by atoms with Crippen LogP contribution in [0, 0.1) is 0 Å². The second-order valence-electron chi connectivity index (χ2n) is 7.18. The van der Waals surface area contributed by atoms with Crippen LogP contribution in [0.3, 0.4) is 0 Å². The number of para-hydroxylation sites is 2. The monoisotopic (exact) mass is 445 g/mol. The molecule has 1 heterocycles. The molecule has 1 aromatic heterocycles. The normalized spacial score (nSPS) is 11.0. The zero-order valence-electron chi connectivity index (χ0n) is 16.2. The van der Waals surface area contributed by atoms with Crippen LogP contribution in [0.15, 0.2) is 89.7 Å². The van der Waals surface area contributed by atoms with E-state index in [0.29, 0.717) is 15.4 Å². The number of benzene rings is 4. The summed E-state index contributed by atoms with van der Waals surface area (Å²) in [6, 6.07) is 26.6. The molecule has 0 saturated carbocycles. The molecule has 0 saturated heterocycles. The van der Waals surface area contributed by atoms with Gasteiger partial charge in [0.1, 0.15) is 0 Å². The van der Waals surface area contributed by atoms with E-state index in [2.05, 4.69) is 15.6 Å². The highest BCUT2D eigenvalue weighted by Gasteiger charge is 2.09. The van der Waals surface area contributed by atoms with Crippen LogP contribution in [-0.2, 0) is 0 Å². The Morgan fingerprint density at radius 1 is 0.613 bits per heavy atom. The minimum absolute atomic E-state index is 0.137. The molecule has 0 fully saturated rings. The lowest BCUT2D eigenvalue weighted by Gasteiger charge is -2.12. The molecule has 4 aromatic carbocycles. The van der Waals surface area contributed by atoms with Crippen molar-refractivity contribution in [2.75, 3.05) is 10.6 Å². The topological polar surface area (TPSA) is 56.9 Å². The Hall–Kier alpha value is -3.47. The van der Waals surface area contributed by atoms with Crippen molar-refractivity contribution in [3.8, 4) is 0 Å². The molecular formula is C25H17Cl2N3O. The number of pyridine rings is 1. The predicted molar refractivity (Wildman–Crippen MR) is 132 cm³/mol. The van der Waals surface area contributed by atoms with Crippen LogP contribution in [-0.4, -0.2) is 4.98 Å². The zero-order chi connectivity index (χ0) is 21.4. The molecule has 3 N–H and O–H groups in total. The SMILES string of the molecule is O=c1[nH]c2cc(Nc3ccccc3Cl)ccc2c2cc(Nc3ccccc3Cl)ccc12. The van der Waals surface area contributed by atoms with Gasteiger partial charge in [-0.3, -0.25) is 4.79 Å². The number of rotatable bonds is 4. The van der Waals surface area contributed by atoms with Gasteiger partial charge in [-0.15, -0.1) is 0 Å². The van der Waals surface area contributed by atoms with Crippen LogP contribution in [0.4, 0.5) is 22.7 Å². The molecule has 0 amide bonds. The lowest BCUT2D eigenvalue weighted by atomic mass is 10.0. The highest BCUT2D eigenvalue weighted by molar-refractivity contribution is 6.33. The predicted octanol–water partition coefficient (Wildman–Crippen LogP) is 7.48. The van der Waals surface area contributed by atoms with Gasteiger partial charge in [-0.05, 0) is 60.0 Å². The van der Waals surface area contributed by atoms with Gasteiger partial charge in [0.05, 0.1) is 26.9 Å². The average Bonchev–Trinajstić information content (AvgIpc) is 2.77. The standard InChI is InChI=1S/C25H17Cl2N3O/c26-20-5-1-3-7-22(20)28-15-10-12-18-19(13-15)17-11-9-16(14-24(17)30-25(18)31)29-23-8-4-2-6-21(23)27/h1-14,28-29H,(H,30,31). The maximum atomic E-state index is 12.7. The van der Waals surface area contributed by atoms with Gasteiger partial charge in [0.15, 0.2) is 0 Å². The van der Waals surface area contributed by atoms with Gasteiger partial charge < -0.3 is 15.6 Å². The van der Waals surface area contributed by atoms with Crippen LogP contribution in [0.25, 0.3) is 21.7 Å². The number of anilines is 4. The van der Waals surface area contributed by atoms with Crippen molar-refractivity contribution in [1.29, 1.82) is 0 Å². The molecule has 5 rings (SSSR count).